The van der Waals surface area contributed by atoms with Gasteiger partial charge in [0.1, 0.15) is 0 Å². The van der Waals surface area contributed by atoms with Crippen LogP contribution in [0.4, 0.5) is 0 Å². The molecule has 0 radical (unpaired) electrons. The molecule has 0 fully saturated rings. The molecule has 31 rings (SSSR count). The quantitative estimate of drug-likeness (QED) is 0.144. The first-order chi connectivity index (χ1) is 69.4. The van der Waals surface area contributed by atoms with Gasteiger partial charge in [0.05, 0.1) is 77.6 Å². The van der Waals surface area contributed by atoms with Gasteiger partial charge in [0, 0.05) is 135 Å². The van der Waals surface area contributed by atoms with E-state index in [1.165, 1.54) is 156 Å². The summed E-state index contributed by atoms with van der Waals surface area (Å²) in [6, 6.07) is 170. The summed E-state index contributed by atoms with van der Waals surface area (Å²) in [4.78, 5) is 21.6. The zero-order valence-corrected chi connectivity index (χ0v) is 76.2. The molecule has 648 valence electrons. The molecular weight excluding hydrogens is 1720 g/mol. The van der Waals surface area contributed by atoms with Crippen molar-refractivity contribution in [2.45, 2.75) is 0 Å². The average molecular weight is 1800 g/mol. The Bertz CT molecular complexity index is 10800. The van der Waals surface area contributed by atoms with E-state index >= 15 is 0 Å². The van der Waals surface area contributed by atoms with Crippen LogP contribution in [0.25, 0.3) is 289 Å². The first kappa shape index (κ1) is 77.9. The standard InChI is InChI=1S/C68H41N5.C62H36N4S/c1-2-17-47(18-3-1)71-60-26-11-7-20-52(60)54-34-30-45(41-64(54)71)67-56-22-6-10-25-59(56)69-68(70-67)55-24-14-16-44-37-49(33-35-50(44)55)73-61-27-12-8-21-53(61)58-39-46-38-48(32-29-43(46)40-65(58)73)72-62-28-13-9-23-57(62)66-51-19-5-4-15-42(51)31-36-63(66)72;1-4-16-45-37(13-1)27-30-56-60(45)50-20-7-11-23-55(50)65(56)42-28-25-38-34-57-51(33-41(38)32-42)46-17-6-10-22-54(46)66(57)43-31-39-14-2-3-15-44(39)52(36-43)62-63-53-21-9-5-19-49(53)61(64-62)40-26-29-48-47-18-8-12-24-58(47)67-59(48)35-40/h1-41H;1-36H. The van der Waals surface area contributed by atoms with Gasteiger partial charge in [-0.25, -0.2) is 19.9 Å². The molecule has 23 aromatic carbocycles. The molecule has 0 spiro atoms. The second-order valence-corrected chi connectivity index (χ2v) is 38.1. The molecule has 31 aromatic rings. The summed E-state index contributed by atoms with van der Waals surface area (Å²) in [6.07, 6.45) is 0. The van der Waals surface area contributed by atoms with Crippen molar-refractivity contribution in [3.05, 3.63) is 467 Å². The third-order valence-corrected chi connectivity index (χ3v) is 30.5. The Morgan fingerprint density at radius 1 is 0.157 bits per heavy atom. The number of hydrogen-bond donors (Lipinski definition) is 0. The molecular formula is C130H77N9S. The van der Waals surface area contributed by atoms with Gasteiger partial charge >= 0.3 is 0 Å². The van der Waals surface area contributed by atoms with Gasteiger partial charge in [-0.05, 0) is 222 Å². The fourth-order valence-corrected chi connectivity index (χ4v) is 24.3. The van der Waals surface area contributed by atoms with E-state index in [9.17, 15) is 0 Å². The van der Waals surface area contributed by atoms with Crippen LogP contribution in [0.2, 0.25) is 0 Å². The van der Waals surface area contributed by atoms with E-state index < -0.39 is 0 Å². The van der Waals surface area contributed by atoms with Gasteiger partial charge in [-0.1, -0.05) is 309 Å². The van der Waals surface area contributed by atoms with Gasteiger partial charge in [0.25, 0.3) is 0 Å². The highest BCUT2D eigenvalue weighted by molar-refractivity contribution is 7.25. The van der Waals surface area contributed by atoms with Crippen molar-refractivity contribution >= 4 is 227 Å². The zero-order chi connectivity index (χ0) is 91.5. The lowest BCUT2D eigenvalue weighted by atomic mass is 10.0. The second-order valence-electron chi connectivity index (χ2n) is 37.1. The minimum absolute atomic E-state index is 0.702. The third kappa shape index (κ3) is 11.9. The van der Waals surface area contributed by atoms with E-state index in [0.29, 0.717) is 11.6 Å². The van der Waals surface area contributed by atoms with E-state index in [-0.39, 0.29) is 0 Å². The Morgan fingerprint density at radius 3 is 1.09 bits per heavy atom. The van der Waals surface area contributed by atoms with Crippen molar-refractivity contribution < 1.29 is 0 Å². The first-order valence-corrected chi connectivity index (χ1v) is 48.6. The highest BCUT2D eigenvalue weighted by Crippen LogP contribution is 2.48. The molecule has 0 aliphatic carbocycles. The summed E-state index contributed by atoms with van der Waals surface area (Å²) in [7, 11) is 0. The van der Waals surface area contributed by atoms with Crippen molar-refractivity contribution in [2.75, 3.05) is 0 Å². The number of benzene rings is 23. The smallest absolute Gasteiger partial charge is 0.161 e. The number of aromatic nitrogens is 9. The lowest BCUT2D eigenvalue weighted by Gasteiger charge is -2.15. The minimum atomic E-state index is 0.702. The van der Waals surface area contributed by atoms with Crippen molar-refractivity contribution in [1.29, 1.82) is 0 Å². The number of hydrogen-bond acceptors (Lipinski definition) is 5. The molecule has 0 saturated heterocycles. The number of fused-ring (bicyclic) bond motifs is 28. The van der Waals surface area contributed by atoms with Crippen LogP contribution in [-0.4, -0.2) is 42.8 Å². The average Bonchev–Trinajstić information content (AvgIpc) is 1.56. The van der Waals surface area contributed by atoms with Crippen LogP contribution in [0.3, 0.4) is 0 Å². The van der Waals surface area contributed by atoms with Crippen LogP contribution in [0.5, 0.6) is 0 Å². The van der Waals surface area contributed by atoms with E-state index in [0.717, 1.165) is 122 Å². The number of rotatable bonds is 9. The molecule has 10 heteroatoms. The molecule has 8 aromatic heterocycles. The van der Waals surface area contributed by atoms with Gasteiger partial charge in [0.2, 0.25) is 0 Å². The van der Waals surface area contributed by atoms with E-state index in [4.69, 9.17) is 19.9 Å². The van der Waals surface area contributed by atoms with Gasteiger partial charge in [-0.2, -0.15) is 0 Å². The maximum absolute atomic E-state index is 5.50. The van der Waals surface area contributed by atoms with Crippen molar-refractivity contribution in [2.24, 2.45) is 0 Å². The van der Waals surface area contributed by atoms with Gasteiger partial charge in [-0.3, -0.25) is 0 Å². The lowest BCUT2D eigenvalue weighted by Crippen LogP contribution is -1.99. The van der Waals surface area contributed by atoms with E-state index in [1.54, 1.807) is 0 Å². The van der Waals surface area contributed by atoms with E-state index in [2.05, 4.69) is 490 Å². The van der Waals surface area contributed by atoms with Crippen LogP contribution in [0, 0.1) is 0 Å². The van der Waals surface area contributed by atoms with Crippen LogP contribution in [0.15, 0.2) is 467 Å². The maximum Gasteiger partial charge on any atom is 0.161 e. The van der Waals surface area contributed by atoms with Crippen LogP contribution >= 0.6 is 11.3 Å². The van der Waals surface area contributed by atoms with Gasteiger partial charge in [0.15, 0.2) is 11.6 Å². The Hall–Kier alpha value is -18.5. The fourth-order valence-electron chi connectivity index (χ4n) is 23.2. The maximum atomic E-state index is 5.50. The minimum Gasteiger partial charge on any atom is -0.309 e. The van der Waals surface area contributed by atoms with Gasteiger partial charge in [-0.15, -0.1) is 11.3 Å². The Morgan fingerprint density at radius 2 is 0.521 bits per heavy atom. The third-order valence-electron chi connectivity index (χ3n) is 29.4. The number of para-hydroxylation sites is 8. The summed E-state index contributed by atoms with van der Waals surface area (Å²) >= 11 is 1.83. The molecule has 0 saturated carbocycles. The summed E-state index contributed by atoms with van der Waals surface area (Å²) in [5, 5.41) is 31.4. The largest absolute Gasteiger partial charge is 0.309 e. The summed E-state index contributed by atoms with van der Waals surface area (Å²) in [5.41, 5.74) is 25.2. The topological polar surface area (TPSA) is 76.2 Å². The van der Waals surface area contributed by atoms with Crippen LogP contribution in [-0.2, 0) is 0 Å². The van der Waals surface area contributed by atoms with Crippen molar-refractivity contribution in [3.8, 4) is 73.7 Å². The molecule has 0 amide bonds. The van der Waals surface area contributed by atoms with Crippen LogP contribution < -0.4 is 0 Å². The molecule has 0 aliphatic rings. The monoisotopic (exact) mass is 1800 g/mol. The molecule has 0 unspecified atom stereocenters. The zero-order valence-electron chi connectivity index (χ0n) is 75.4. The molecule has 0 bridgehead atoms. The number of nitrogens with zero attached hydrogens (tertiary/aromatic N) is 9. The number of thiophene rings is 1. The molecule has 0 aliphatic heterocycles. The van der Waals surface area contributed by atoms with Crippen LogP contribution in [0.1, 0.15) is 0 Å². The molecule has 0 atom stereocenters. The molecule has 9 nitrogen and oxygen atoms in total. The molecule has 8 heterocycles. The molecule has 140 heavy (non-hydrogen) atoms. The van der Waals surface area contributed by atoms with E-state index in [1.807, 2.05) is 11.3 Å². The highest BCUT2D eigenvalue weighted by Gasteiger charge is 2.26. The first-order valence-electron chi connectivity index (χ1n) is 47.8. The lowest BCUT2D eigenvalue weighted by molar-refractivity contribution is 1.18. The molecule has 0 N–H and O–H groups in total. The normalized spacial score (nSPS) is 12.1. The SMILES string of the molecule is c1ccc(-n2c3ccccc3c3ccc(-c4nc(-c5cccc6cc(-n7c8ccccc8c8cc9cc(-n%10c%11ccccc%11c%11c%12ccccc%12ccc%11%10)ccc9cc87)ccc56)nc5ccccc45)cc32)cc1.c1ccc2c(-c3nc(-c4ccc5c(c4)sc4ccccc45)c4ccccc4n3)cc(-n3c4ccccc4c4cc5cc(-n6c7ccccc7c7c8ccccc8ccc76)ccc5cc43)cc2c1. The predicted molar refractivity (Wildman–Crippen MR) is 590 cm³/mol. The summed E-state index contributed by atoms with van der Waals surface area (Å²) in [5.74, 6) is 1.41. The van der Waals surface area contributed by atoms with Crippen molar-refractivity contribution in [1.82, 2.24) is 42.8 Å². The Labute approximate surface area is 804 Å². The Balaban J connectivity index is 0.000000132. The summed E-state index contributed by atoms with van der Waals surface area (Å²) in [6.45, 7) is 0. The highest BCUT2D eigenvalue weighted by atomic mass is 32.1. The predicted octanol–water partition coefficient (Wildman–Crippen LogP) is 34.7. The second kappa shape index (κ2) is 30.5. The Kier molecular flexibility index (Phi) is 17.0. The van der Waals surface area contributed by atoms with Crippen molar-refractivity contribution in [3.63, 3.8) is 0 Å². The fraction of sp³-hybridized carbons (Fsp3) is 0. The van der Waals surface area contributed by atoms with Gasteiger partial charge < -0.3 is 22.8 Å². The summed E-state index contributed by atoms with van der Waals surface area (Å²) < 4.78 is 14.6.